The molecular formula is C14H13FN2O2. The Balaban J connectivity index is 2.13. The fourth-order valence-electron chi connectivity index (χ4n) is 1.72. The lowest BCUT2D eigenvalue weighted by Crippen LogP contribution is -2.05. The second kappa shape index (κ2) is 5.48. The van der Waals surface area contributed by atoms with Crippen molar-refractivity contribution in [1.29, 1.82) is 0 Å². The van der Waals surface area contributed by atoms with Gasteiger partial charge in [0, 0.05) is 12.2 Å². The lowest BCUT2D eigenvalue weighted by Gasteiger charge is -2.08. The molecule has 0 spiro atoms. The Bertz CT molecular complexity index is 614. The number of carbonyl (C=O) groups is 1. The number of nitrogens with one attached hydrogen (secondary N) is 1. The van der Waals surface area contributed by atoms with E-state index in [-0.39, 0.29) is 11.4 Å². The van der Waals surface area contributed by atoms with Gasteiger partial charge in [-0.3, -0.25) is 0 Å². The molecule has 1 heterocycles. The van der Waals surface area contributed by atoms with Crippen molar-refractivity contribution in [2.75, 3.05) is 5.32 Å². The summed E-state index contributed by atoms with van der Waals surface area (Å²) in [6, 6.07) is 9.14. The molecule has 1 aromatic heterocycles. The highest BCUT2D eigenvalue weighted by Gasteiger charge is 2.06. The van der Waals surface area contributed by atoms with Gasteiger partial charge in [-0.05, 0) is 36.8 Å². The van der Waals surface area contributed by atoms with Gasteiger partial charge in [-0.2, -0.15) is 0 Å². The molecule has 98 valence electrons. The van der Waals surface area contributed by atoms with Crippen molar-refractivity contribution in [3.05, 3.63) is 59.0 Å². The number of aryl methyl sites for hydroxylation is 1. The molecule has 2 N–H and O–H groups in total. The van der Waals surface area contributed by atoms with E-state index in [1.165, 1.54) is 24.3 Å². The molecule has 0 aliphatic rings. The summed E-state index contributed by atoms with van der Waals surface area (Å²) in [5.74, 6) is -0.844. The number of benzene rings is 1. The van der Waals surface area contributed by atoms with Crippen LogP contribution in [-0.2, 0) is 6.54 Å². The van der Waals surface area contributed by atoms with Gasteiger partial charge in [0.15, 0.2) is 0 Å². The molecule has 0 amide bonds. The number of anilines is 1. The van der Waals surface area contributed by atoms with Crippen molar-refractivity contribution >= 4 is 11.8 Å². The number of pyridine rings is 1. The fourth-order valence-corrected chi connectivity index (χ4v) is 1.72. The molecule has 2 aromatic rings. The molecule has 0 radical (unpaired) electrons. The smallest absolute Gasteiger partial charge is 0.335 e. The summed E-state index contributed by atoms with van der Waals surface area (Å²) in [5, 5.41) is 11.9. The minimum atomic E-state index is -1.00. The highest BCUT2D eigenvalue weighted by atomic mass is 19.1. The van der Waals surface area contributed by atoms with Gasteiger partial charge in [0.25, 0.3) is 0 Å². The van der Waals surface area contributed by atoms with Gasteiger partial charge in [-0.1, -0.05) is 12.1 Å². The van der Waals surface area contributed by atoms with E-state index in [1.54, 1.807) is 19.1 Å². The Kier molecular flexibility index (Phi) is 3.75. The van der Waals surface area contributed by atoms with Gasteiger partial charge >= 0.3 is 5.97 Å². The normalized spacial score (nSPS) is 10.2. The summed E-state index contributed by atoms with van der Waals surface area (Å²) in [4.78, 5) is 15.1. The second-order valence-electron chi connectivity index (χ2n) is 4.17. The number of nitrogens with zero attached hydrogens (tertiary/aromatic N) is 1. The summed E-state index contributed by atoms with van der Waals surface area (Å²) in [7, 11) is 0. The summed E-state index contributed by atoms with van der Waals surface area (Å²) in [6.07, 6.45) is 0. The minimum absolute atomic E-state index is 0.175. The minimum Gasteiger partial charge on any atom is -0.478 e. The molecule has 5 heteroatoms. The molecule has 0 saturated heterocycles. The predicted octanol–water partition coefficient (Wildman–Crippen LogP) is 2.84. The monoisotopic (exact) mass is 260 g/mol. The third-order valence-corrected chi connectivity index (χ3v) is 2.56. The maximum atomic E-state index is 13.0. The average Bonchev–Trinajstić information content (AvgIpc) is 2.36. The molecule has 0 saturated carbocycles. The van der Waals surface area contributed by atoms with E-state index < -0.39 is 5.97 Å². The summed E-state index contributed by atoms with van der Waals surface area (Å²) >= 11 is 0. The summed E-state index contributed by atoms with van der Waals surface area (Å²) in [6.45, 7) is 2.10. The highest BCUT2D eigenvalue weighted by Crippen LogP contribution is 2.12. The van der Waals surface area contributed by atoms with E-state index in [1.807, 2.05) is 0 Å². The van der Waals surface area contributed by atoms with Crippen molar-refractivity contribution in [2.45, 2.75) is 13.5 Å². The topological polar surface area (TPSA) is 62.2 Å². The van der Waals surface area contributed by atoms with E-state index in [2.05, 4.69) is 10.3 Å². The van der Waals surface area contributed by atoms with Gasteiger partial charge < -0.3 is 10.4 Å². The molecule has 0 aliphatic carbocycles. The first-order valence-electron chi connectivity index (χ1n) is 5.75. The van der Waals surface area contributed by atoms with Crippen LogP contribution < -0.4 is 5.32 Å². The van der Waals surface area contributed by atoms with Gasteiger partial charge in [0.2, 0.25) is 0 Å². The average molecular weight is 260 g/mol. The second-order valence-corrected chi connectivity index (χ2v) is 4.17. The number of hydrogen-bond acceptors (Lipinski definition) is 3. The molecule has 0 bridgehead atoms. The molecule has 0 atom stereocenters. The van der Waals surface area contributed by atoms with Crippen LogP contribution in [0.3, 0.4) is 0 Å². The van der Waals surface area contributed by atoms with Crippen LogP contribution in [0.5, 0.6) is 0 Å². The van der Waals surface area contributed by atoms with Crippen molar-refractivity contribution in [1.82, 2.24) is 4.98 Å². The first kappa shape index (κ1) is 13.0. The fraction of sp³-hybridized carbons (Fsp3) is 0.143. The first-order chi connectivity index (χ1) is 9.04. The summed E-state index contributed by atoms with van der Waals surface area (Å²) < 4.78 is 13.0. The van der Waals surface area contributed by atoms with E-state index in [0.717, 1.165) is 5.56 Å². The van der Waals surface area contributed by atoms with Crippen LogP contribution in [-0.4, -0.2) is 16.1 Å². The first-order valence-corrected chi connectivity index (χ1v) is 5.75. The number of aromatic nitrogens is 1. The van der Waals surface area contributed by atoms with Gasteiger partial charge in [-0.15, -0.1) is 0 Å². The van der Waals surface area contributed by atoms with Crippen molar-refractivity contribution in [2.24, 2.45) is 0 Å². The standard InChI is InChI=1S/C14H13FN2O2/c1-9-5-11(14(18)19)7-13(17-9)16-8-10-3-2-4-12(15)6-10/h2-7H,8H2,1H3,(H,16,17)(H,18,19). The van der Waals surface area contributed by atoms with Crippen LogP contribution in [0.1, 0.15) is 21.6 Å². The van der Waals surface area contributed by atoms with Crippen molar-refractivity contribution in [3.8, 4) is 0 Å². The maximum Gasteiger partial charge on any atom is 0.335 e. The summed E-state index contributed by atoms with van der Waals surface area (Å²) in [5.41, 5.74) is 1.55. The van der Waals surface area contributed by atoms with E-state index >= 15 is 0 Å². The van der Waals surface area contributed by atoms with Crippen LogP contribution in [0.25, 0.3) is 0 Å². The van der Waals surface area contributed by atoms with Crippen LogP contribution in [0, 0.1) is 12.7 Å². The third-order valence-electron chi connectivity index (χ3n) is 2.56. The van der Waals surface area contributed by atoms with E-state index in [4.69, 9.17) is 5.11 Å². The number of aromatic carboxylic acids is 1. The molecule has 0 unspecified atom stereocenters. The van der Waals surface area contributed by atoms with Gasteiger partial charge in [0.05, 0.1) is 5.56 Å². The number of hydrogen-bond donors (Lipinski definition) is 2. The van der Waals surface area contributed by atoms with Gasteiger partial charge in [-0.25, -0.2) is 14.2 Å². The van der Waals surface area contributed by atoms with Crippen LogP contribution in [0.2, 0.25) is 0 Å². The van der Waals surface area contributed by atoms with Gasteiger partial charge in [0.1, 0.15) is 11.6 Å². The molecule has 1 aromatic carbocycles. The zero-order chi connectivity index (χ0) is 13.8. The number of rotatable bonds is 4. The van der Waals surface area contributed by atoms with Crippen LogP contribution in [0.4, 0.5) is 10.2 Å². The van der Waals surface area contributed by atoms with Crippen LogP contribution >= 0.6 is 0 Å². The van der Waals surface area contributed by atoms with Crippen molar-refractivity contribution < 1.29 is 14.3 Å². The molecular weight excluding hydrogens is 247 g/mol. The molecule has 4 nitrogen and oxygen atoms in total. The third kappa shape index (κ3) is 3.51. The molecule has 0 fully saturated rings. The Morgan fingerprint density at radius 3 is 2.84 bits per heavy atom. The number of carboxylic acids is 1. The van der Waals surface area contributed by atoms with Crippen molar-refractivity contribution in [3.63, 3.8) is 0 Å². The Morgan fingerprint density at radius 2 is 2.16 bits per heavy atom. The zero-order valence-electron chi connectivity index (χ0n) is 10.4. The largest absolute Gasteiger partial charge is 0.478 e. The molecule has 2 rings (SSSR count). The lowest BCUT2D eigenvalue weighted by atomic mass is 10.2. The molecule has 0 aliphatic heterocycles. The van der Waals surface area contributed by atoms with E-state index in [9.17, 15) is 9.18 Å². The molecule has 19 heavy (non-hydrogen) atoms. The van der Waals surface area contributed by atoms with Crippen LogP contribution in [0.15, 0.2) is 36.4 Å². The lowest BCUT2D eigenvalue weighted by molar-refractivity contribution is 0.0696. The quantitative estimate of drug-likeness (QED) is 0.887. The maximum absolute atomic E-state index is 13.0. The zero-order valence-corrected chi connectivity index (χ0v) is 10.4. The highest BCUT2D eigenvalue weighted by molar-refractivity contribution is 5.88. The Labute approximate surface area is 109 Å². The SMILES string of the molecule is Cc1cc(C(=O)O)cc(NCc2cccc(F)c2)n1. The van der Waals surface area contributed by atoms with E-state index in [0.29, 0.717) is 18.1 Å². The number of carboxylic acid groups (broad SMARTS) is 1. The predicted molar refractivity (Wildman–Crippen MR) is 69.7 cm³/mol. The Morgan fingerprint density at radius 1 is 1.37 bits per heavy atom. The Hall–Kier alpha value is -2.43. The number of halogens is 1.